The van der Waals surface area contributed by atoms with E-state index in [0.717, 1.165) is 31.6 Å². The molecule has 4 nitrogen and oxygen atoms in total. The lowest BCUT2D eigenvalue weighted by molar-refractivity contribution is -0.123. The second-order valence-corrected chi connectivity index (χ2v) is 8.19. The monoisotopic (exact) mass is 401 g/mol. The molecule has 1 aromatic rings. The molecular weight excluding hydrogens is 379 g/mol. The SMILES string of the molecule is CC(C)N(c1cc(C#CC(F)(F)F)sc1C(=O)O)C(=O)[C@H]1CC[C@H](C)CC1. The molecule has 1 aliphatic rings. The number of nitrogens with zero attached hydrogens (tertiary/aromatic N) is 1. The van der Waals surface area contributed by atoms with E-state index in [-0.39, 0.29) is 33.3 Å². The molecule has 0 unspecified atom stereocenters. The van der Waals surface area contributed by atoms with Gasteiger partial charge in [0, 0.05) is 17.9 Å². The van der Waals surface area contributed by atoms with E-state index < -0.39 is 12.1 Å². The van der Waals surface area contributed by atoms with E-state index in [1.165, 1.54) is 11.0 Å². The van der Waals surface area contributed by atoms with Gasteiger partial charge < -0.3 is 10.0 Å². The Bertz CT molecular complexity index is 765. The molecule has 1 N–H and O–H groups in total. The van der Waals surface area contributed by atoms with Crippen molar-refractivity contribution in [2.24, 2.45) is 11.8 Å². The highest BCUT2D eigenvalue weighted by Gasteiger charge is 2.33. The molecule has 1 saturated carbocycles. The minimum Gasteiger partial charge on any atom is -0.477 e. The molecule has 0 aromatic carbocycles. The van der Waals surface area contributed by atoms with Crippen LogP contribution in [0.15, 0.2) is 6.07 Å². The van der Waals surface area contributed by atoms with Crippen LogP contribution >= 0.6 is 11.3 Å². The lowest BCUT2D eigenvalue weighted by Crippen LogP contribution is -2.42. The van der Waals surface area contributed by atoms with Gasteiger partial charge in [-0.2, -0.15) is 13.2 Å². The Hall–Kier alpha value is -2.01. The first-order valence-electron chi connectivity index (χ1n) is 8.79. The average molecular weight is 401 g/mol. The molecule has 0 bridgehead atoms. The van der Waals surface area contributed by atoms with Gasteiger partial charge in [0.2, 0.25) is 5.91 Å². The fourth-order valence-electron chi connectivity index (χ4n) is 3.26. The minimum absolute atomic E-state index is 0.0320. The zero-order valence-electron chi connectivity index (χ0n) is 15.4. The third-order valence-electron chi connectivity index (χ3n) is 4.61. The molecule has 0 spiro atoms. The van der Waals surface area contributed by atoms with Gasteiger partial charge in [-0.1, -0.05) is 6.92 Å². The molecule has 8 heteroatoms. The van der Waals surface area contributed by atoms with E-state index in [2.05, 4.69) is 6.92 Å². The van der Waals surface area contributed by atoms with Crippen LogP contribution < -0.4 is 4.90 Å². The smallest absolute Gasteiger partial charge is 0.458 e. The van der Waals surface area contributed by atoms with Crippen molar-refractivity contribution in [2.45, 2.75) is 58.7 Å². The van der Waals surface area contributed by atoms with Crippen LogP contribution in [0.3, 0.4) is 0 Å². The fourth-order valence-corrected chi connectivity index (χ4v) is 4.10. The number of carbonyl (C=O) groups excluding carboxylic acids is 1. The van der Waals surface area contributed by atoms with Crippen molar-refractivity contribution in [3.8, 4) is 11.8 Å². The normalized spacial score (nSPS) is 20.1. The van der Waals surface area contributed by atoms with Crippen LogP contribution in [0.1, 0.15) is 61.0 Å². The van der Waals surface area contributed by atoms with E-state index in [9.17, 15) is 27.9 Å². The maximum Gasteiger partial charge on any atom is 0.458 e. The summed E-state index contributed by atoms with van der Waals surface area (Å²) >= 11 is 0.651. The molecule has 0 aliphatic heterocycles. The number of alkyl halides is 3. The second kappa shape index (κ2) is 8.34. The van der Waals surface area contributed by atoms with E-state index >= 15 is 0 Å². The van der Waals surface area contributed by atoms with Gasteiger partial charge in [-0.25, -0.2) is 4.79 Å². The molecule has 1 aliphatic carbocycles. The fraction of sp³-hybridized carbons (Fsp3) is 0.579. The lowest BCUT2D eigenvalue weighted by atomic mass is 9.82. The molecule has 0 radical (unpaired) electrons. The van der Waals surface area contributed by atoms with Crippen molar-refractivity contribution in [1.82, 2.24) is 0 Å². The summed E-state index contributed by atoms with van der Waals surface area (Å²) in [5.74, 6) is 2.01. The summed E-state index contributed by atoms with van der Waals surface area (Å²) < 4.78 is 37.0. The topological polar surface area (TPSA) is 57.6 Å². The van der Waals surface area contributed by atoms with Gasteiger partial charge >= 0.3 is 12.1 Å². The summed E-state index contributed by atoms with van der Waals surface area (Å²) in [4.78, 5) is 25.9. The molecule has 0 saturated heterocycles. The molecule has 148 valence electrons. The number of carbonyl (C=O) groups is 2. The number of amides is 1. The van der Waals surface area contributed by atoms with Gasteiger partial charge in [0.1, 0.15) is 4.88 Å². The molecule has 1 amide bonds. The summed E-state index contributed by atoms with van der Waals surface area (Å²) in [5.41, 5.74) is 0.123. The predicted molar refractivity (Wildman–Crippen MR) is 98.0 cm³/mol. The third-order valence-corrected chi connectivity index (χ3v) is 5.64. The second-order valence-electron chi connectivity index (χ2n) is 7.14. The Kier molecular flexibility index (Phi) is 6.58. The van der Waals surface area contributed by atoms with Gasteiger partial charge in [0.05, 0.1) is 10.6 Å². The van der Waals surface area contributed by atoms with Crippen LogP contribution in [0.2, 0.25) is 0 Å². The molecule has 1 heterocycles. The Balaban J connectivity index is 2.40. The number of hydrogen-bond donors (Lipinski definition) is 1. The van der Waals surface area contributed by atoms with Crippen LogP contribution in [0, 0.1) is 23.7 Å². The Labute approximate surface area is 160 Å². The van der Waals surface area contributed by atoms with Gasteiger partial charge in [-0.05, 0) is 57.4 Å². The van der Waals surface area contributed by atoms with E-state index in [4.69, 9.17) is 0 Å². The van der Waals surface area contributed by atoms with Crippen LogP contribution in [0.4, 0.5) is 18.9 Å². The van der Waals surface area contributed by atoms with Crippen LogP contribution in [-0.4, -0.2) is 29.2 Å². The lowest BCUT2D eigenvalue weighted by Gasteiger charge is -2.33. The first-order chi connectivity index (χ1) is 12.5. The van der Waals surface area contributed by atoms with Crippen molar-refractivity contribution >= 4 is 28.9 Å². The number of halogens is 3. The first kappa shape index (κ1) is 21.3. The highest BCUT2D eigenvalue weighted by atomic mass is 32.1. The number of aromatic carboxylic acids is 1. The van der Waals surface area contributed by atoms with Crippen molar-refractivity contribution in [2.75, 3.05) is 4.90 Å². The molecule has 0 atom stereocenters. The highest BCUT2D eigenvalue weighted by molar-refractivity contribution is 7.15. The minimum atomic E-state index is -4.67. The summed E-state index contributed by atoms with van der Waals surface area (Å²) in [6.45, 7) is 5.65. The number of carboxylic acids is 1. The molecule has 2 rings (SSSR count). The largest absolute Gasteiger partial charge is 0.477 e. The van der Waals surface area contributed by atoms with Crippen LogP contribution in [-0.2, 0) is 4.79 Å². The maximum atomic E-state index is 13.1. The molecule has 27 heavy (non-hydrogen) atoms. The quantitative estimate of drug-likeness (QED) is 0.728. The van der Waals surface area contributed by atoms with Crippen molar-refractivity contribution in [3.63, 3.8) is 0 Å². The number of rotatable bonds is 4. The third kappa shape index (κ3) is 5.48. The molecule has 1 aromatic heterocycles. The van der Waals surface area contributed by atoms with Gasteiger partial charge in [0.25, 0.3) is 0 Å². The first-order valence-corrected chi connectivity index (χ1v) is 9.61. The Morgan fingerprint density at radius 2 is 1.85 bits per heavy atom. The van der Waals surface area contributed by atoms with Crippen molar-refractivity contribution < 1.29 is 27.9 Å². The zero-order chi connectivity index (χ0) is 20.4. The maximum absolute atomic E-state index is 13.1. The summed E-state index contributed by atoms with van der Waals surface area (Å²) in [5, 5.41) is 9.47. The van der Waals surface area contributed by atoms with E-state index in [0.29, 0.717) is 17.3 Å². The zero-order valence-corrected chi connectivity index (χ0v) is 16.2. The van der Waals surface area contributed by atoms with Crippen LogP contribution in [0.5, 0.6) is 0 Å². The summed E-state index contributed by atoms with van der Waals surface area (Å²) in [6.07, 6.45) is -1.34. The average Bonchev–Trinajstić information content (AvgIpc) is 2.97. The number of hydrogen-bond acceptors (Lipinski definition) is 3. The standard InChI is InChI=1S/C19H22F3NO3S/c1-11(2)23(17(24)13-6-4-12(3)5-7-13)15-10-14(8-9-19(20,21)22)27-16(15)18(25)26/h10-13H,4-7H2,1-3H3,(H,25,26)/t12-,13-. The predicted octanol–water partition coefficient (Wildman–Crippen LogP) is 4.93. The highest BCUT2D eigenvalue weighted by Crippen LogP contribution is 2.36. The van der Waals surface area contributed by atoms with Gasteiger partial charge in [-0.3, -0.25) is 4.79 Å². The van der Waals surface area contributed by atoms with Crippen LogP contribution in [0.25, 0.3) is 0 Å². The van der Waals surface area contributed by atoms with Gasteiger partial charge in [0.15, 0.2) is 0 Å². The van der Waals surface area contributed by atoms with E-state index in [1.54, 1.807) is 13.8 Å². The summed E-state index contributed by atoms with van der Waals surface area (Å²) in [7, 11) is 0. The van der Waals surface area contributed by atoms with Crippen molar-refractivity contribution in [1.29, 1.82) is 0 Å². The van der Waals surface area contributed by atoms with E-state index in [1.807, 2.05) is 5.92 Å². The molecule has 1 fully saturated rings. The number of carboxylic acid groups (broad SMARTS) is 1. The number of anilines is 1. The Morgan fingerprint density at radius 3 is 2.33 bits per heavy atom. The van der Waals surface area contributed by atoms with Crippen molar-refractivity contribution in [3.05, 3.63) is 15.8 Å². The number of thiophene rings is 1. The summed E-state index contributed by atoms with van der Waals surface area (Å²) in [6, 6.07) is 0.948. The Morgan fingerprint density at radius 1 is 1.26 bits per heavy atom. The van der Waals surface area contributed by atoms with Gasteiger partial charge in [-0.15, -0.1) is 11.3 Å². The molecular formula is C19H22F3NO3S.